The van der Waals surface area contributed by atoms with Gasteiger partial charge in [0, 0.05) is 24.9 Å². The predicted octanol–water partition coefficient (Wildman–Crippen LogP) is 2.48. The van der Waals surface area contributed by atoms with Crippen molar-refractivity contribution in [3.8, 4) is 0 Å². The number of benzene rings is 1. The Balaban J connectivity index is 2.17. The van der Waals surface area contributed by atoms with Gasteiger partial charge in [0.25, 0.3) is 17.4 Å². The van der Waals surface area contributed by atoms with Crippen LogP contribution < -0.4 is 21.6 Å². The number of hydrazine groups is 1. The van der Waals surface area contributed by atoms with Crippen molar-refractivity contribution in [1.29, 1.82) is 0 Å². The Morgan fingerprint density at radius 3 is 2.33 bits per heavy atom. The van der Waals surface area contributed by atoms with Crippen molar-refractivity contribution in [3.05, 3.63) is 76.7 Å². The van der Waals surface area contributed by atoms with Crippen molar-refractivity contribution >= 4 is 41.0 Å². The van der Waals surface area contributed by atoms with Gasteiger partial charge in [-0.25, -0.2) is 5.01 Å². The number of carbonyl (C=O) groups excluding carboxylic acids is 4. The van der Waals surface area contributed by atoms with Crippen molar-refractivity contribution in [2.75, 3.05) is 11.9 Å². The summed E-state index contributed by atoms with van der Waals surface area (Å²) in [6, 6.07) is 11.2. The number of pyridine rings is 1. The number of aromatic nitrogens is 1. The molecule has 210 valence electrons. The van der Waals surface area contributed by atoms with Gasteiger partial charge in [0.15, 0.2) is 0 Å². The van der Waals surface area contributed by atoms with E-state index in [9.17, 15) is 24.0 Å². The van der Waals surface area contributed by atoms with Gasteiger partial charge in [-0.05, 0) is 52.3 Å². The lowest BCUT2D eigenvalue weighted by atomic mass is 10.2. The van der Waals surface area contributed by atoms with E-state index >= 15 is 0 Å². The number of amides is 3. The third-order valence-corrected chi connectivity index (χ3v) is 5.14. The summed E-state index contributed by atoms with van der Waals surface area (Å²) in [5.74, 6) is -2.94. The molecule has 0 radical (unpaired) electrons. The van der Waals surface area contributed by atoms with E-state index in [-0.39, 0.29) is 12.2 Å². The predicted molar refractivity (Wildman–Crippen MR) is 147 cm³/mol. The first-order valence-electron chi connectivity index (χ1n) is 12.2. The number of hydrogen-bond donors (Lipinski definition) is 3. The fraction of sp³-hybridized carbons (Fsp3) is 0.370. The van der Waals surface area contributed by atoms with Crippen LogP contribution in [0, 0.1) is 0 Å². The molecule has 0 bridgehead atoms. The van der Waals surface area contributed by atoms with Crippen LogP contribution in [0.2, 0.25) is 0 Å². The normalized spacial score (nSPS) is 12.8. The lowest BCUT2D eigenvalue weighted by molar-refractivity contribution is -0.160. The van der Waals surface area contributed by atoms with Crippen LogP contribution in [0.25, 0.3) is 0 Å². The molecule has 0 saturated heterocycles. The molecule has 1 heterocycles. The van der Waals surface area contributed by atoms with Gasteiger partial charge in [-0.1, -0.05) is 41.9 Å². The van der Waals surface area contributed by atoms with E-state index in [2.05, 4.69) is 16.1 Å². The van der Waals surface area contributed by atoms with Crippen LogP contribution in [0.5, 0.6) is 0 Å². The summed E-state index contributed by atoms with van der Waals surface area (Å²) in [4.78, 5) is 63.4. The maximum absolute atomic E-state index is 13.0. The number of alkyl halides is 1. The number of ether oxygens (including phenoxy) is 1. The summed E-state index contributed by atoms with van der Waals surface area (Å²) < 4.78 is 6.42. The topological polar surface area (TPSA) is 139 Å². The highest BCUT2D eigenvalue weighted by atomic mass is 35.5. The Morgan fingerprint density at radius 1 is 1.05 bits per heavy atom. The second kappa shape index (κ2) is 14.1. The van der Waals surface area contributed by atoms with Gasteiger partial charge in [0.1, 0.15) is 23.9 Å². The van der Waals surface area contributed by atoms with Gasteiger partial charge in [-0.2, -0.15) is 0 Å². The zero-order valence-corrected chi connectivity index (χ0v) is 23.3. The maximum atomic E-state index is 13.0. The van der Waals surface area contributed by atoms with Crippen molar-refractivity contribution < 1.29 is 23.9 Å². The SMILES string of the molecule is CC(Cl)Nc1cccn(C(C)C(=O)NN(CC(=O)OC(C)(C)C)C(=O)/C=C/C(=O)NCc2ccccc2)c1=O. The molecule has 12 heteroatoms. The highest BCUT2D eigenvalue weighted by molar-refractivity contribution is 6.21. The summed E-state index contributed by atoms with van der Waals surface area (Å²) in [7, 11) is 0. The summed E-state index contributed by atoms with van der Waals surface area (Å²) >= 11 is 5.92. The number of anilines is 1. The number of carbonyl (C=O) groups is 4. The van der Waals surface area contributed by atoms with E-state index in [0.717, 1.165) is 27.3 Å². The zero-order valence-electron chi connectivity index (χ0n) is 22.6. The minimum atomic E-state index is -1.07. The van der Waals surface area contributed by atoms with E-state index in [1.807, 2.05) is 30.3 Å². The minimum Gasteiger partial charge on any atom is -0.459 e. The van der Waals surface area contributed by atoms with E-state index in [4.69, 9.17) is 16.3 Å². The van der Waals surface area contributed by atoms with Crippen LogP contribution >= 0.6 is 11.6 Å². The van der Waals surface area contributed by atoms with Crippen LogP contribution in [-0.4, -0.2) is 50.9 Å². The molecular formula is C27H34ClN5O6. The first-order chi connectivity index (χ1) is 18.3. The molecule has 2 unspecified atom stereocenters. The molecule has 3 N–H and O–H groups in total. The molecule has 0 aliphatic heterocycles. The third kappa shape index (κ3) is 10.6. The first kappa shape index (κ1) is 31.1. The molecule has 0 saturated carbocycles. The van der Waals surface area contributed by atoms with E-state index in [1.54, 1.807) is 33.8 Å². The Kier molecular flexibility index (Phi) is 11.3. The van der Waals surface area contributed by atoms with Gasteiger partial charge < -0.3 is 19.9 Å². The van der Waals surface area contributed by atoms with E-state index in [0.29, 0.717) is 0 Å². The molecule has 2 atom stereocenters. The molecule has 11 nitrogen and oxygen atoms in total. The molecule has 0 fully saturated rings. The number of nitrogens with zero attached hydrogens (tertiary/aromatic N) is 2. The lowest BCUT2D eigenvalue weighted by Gasteiger charge is -2.26. The second-order valence-corrected chi connectivity index (χ2v) is 10.2. The molecule has 0 aliphatic carbocycles. The fourth-order valence-electron chi connectivity index (χ4n) is 3.25. The molecule has 2 rings (SSSR count). The summed E-state index contributed by atoms with van der Waals surface area (Å²) in [5, 5.41) is 6.16. The standard InChI is InChI=1S/C27H34ClN5O6/c1-18(32-15-9-12-21(26(32)38)30-19(2)28)25(37)31-33(17-24(36)39-27(3,4)5)23(35)14-13-22(34)29-16-20-10-7-6-8-11-20/h6-15,18-19,30H,16-17H2,1-5H3,(H,29,34)(H,31,37)/b14-13+. The van der Waals surface area contributed by atoms with Crippen molar-refractivity contribution in [2.24, 2.45) is 0 Å². The van der Waals surface area contributed by atoms with Gasteiger partial charge in [-0.3, -0.25) is 29.4 Å². The molecule has 39 heavy (non-hydrogen) atoms. The average Bonchev–Trinajstić information content (AvgIpc) is 2.85. The van der Waals surface area contributed by atoms with Gasteiger partial charge >= 0.3 is 5.97 Å². The number of rotatable bonds is 10. The van der Waals surface area contributed by atoms with Crippen LogP contribution in [0.1, 0.15) is 46.2 Å². The monoisotopic (exact) mass is 559 g/mol. The number of halogens is 1. The smallest absolute Gasteiger partial charge is 0.328 e. The summed E-state index contributed by atoms with van der Waals surface area (Å²) in [6.07, 6.45) is 3.33. The molecule has 1 aromatic heterocycles. The highest BCUT2D eigenvalue weighted by Gasteiger charge is 2.26. The average molecular weight is 560 g/mol. The van der Waals surface area contributed by atoms with Crippen LogP contribution in [0.3, 0.4) is 0 Å². The first-order valence-corrected chi connectivity index (χ1v) is 12.7. The van der Waals surface area contributed by atoms with Gasteiger partial charge in [-0.15, -0.1) is 0 Å². The van der Waals surface area contributed by atoms with Crippen molar-refractivity contribution in [2.45, 2.75) is 58.3 Å². The van der Waals surface area contributed by atoms with Crippen molar-refractivity contribution in [1.82, 2.24) is 20.3 Å². The molecule has 1 aromatic carbocycles. The quantitative estimate of drug-likeness (QED) is 0.134. The number of esters is 1. The van der Waals surface area contributed by atoms with Crippen LogP contribution in [-0.2, 0) is 30.5 Å². The molecule has 0 aliphatic rings. The van der Waals surface area contributed by atoms with Crippen molar-refractivity contribution in [3.63, 3.8) is 0 Å². The van der Waals surface area contributed by atoms with Gasteiger partial charge in [0.05, 0.1) is 5.50 Å². The molecular weight excluding hydrogens is 526 g/mol. The molecule has 2 aromatic rings. The Bertz CT molecular complexity index is 1250. The Morgan fingerprint density at radius 2 is 1.72 bits per heavy atom. The Labute approximate surface area is 232 Å². The highest BCUT2D eigenvalue weighted by Crippen LogP contribution is 2.10. The Hall–Kier alpha value is -4.12. The molecule has 3 amide bonds. The zero-order chi connectivity index (χ0) is 29.2. The largest absolute Gasteiger partial charge is 0.459 e. The number of nitrogens with one attached hydrogen (secondary N) is 3. The molecule has 0 spiro atoms. The number of hydrogen-bond acceptors (Lipinski definition) is 7. The maximum Gasteiger partial charge on any atom is 0.328 e. The fourth-order valence-corrected chi connectivity index (χ4v) is 3.37. The summed E-state index contributed by atoms with van der Waals surface area (Å²) in [6.45, 7) is 7.68. The van der Waals surface area contributed by atoms with Gasteiger partial charge in [0.2, 0.25) is 5.91 Å². The minimum absolute atomic E-state index is 0.186. The van der Waals surface area contributed by atoms with Crippen LogP contribution in [0.15, 0.2) is 65.6 Å². The third-order valence-electron chi connectivity index (χ3n) is 5.03. The van der Waals surface area contributed by atoms with E-state index in [1.165, 1.54) is 19.2 Å². The second-order valence-electron chi connectivity index (χ2n) is 9.59. The van der Waals surface area contributed by atoms with Crippen LogP contribution in [0.4, 0.5) is 5.69 Å². The van der Waals surface area contributed by atoms with E-state index < -0.39 is 52.9 Å². The lowest BCUT2D eigenvalue weighted by Crippen LogP contribution is -2.51. The summed E-state index contributed by atoms with van der Waals surface area (Å²) in [5.41, 5.74) is 1.54.